The van der Waals surface area contributed by atoms with Crippen LogP contribution in [0.4, 0.5) is 0 Å². The summed E-state index contributed by atoms with van der Waals surface area (Å²) >= 11 is 0. The SMILES string of the molecule is Cc1ccc2c(oc3ccccc32)c1-c1c[n+](C)cn1C. The molecule has 0 bridgehead atoms. The molecule has 0 radical (unpaired) electrons. The molecule has 3 nitrogen and oxygen atoms in total. The Balaban J connectivity index is 2.17. The molecule has 2 heterocycles. The van der Waals surface area contributed by atoms with E-state index in [9.17, 15) is 0 Å². The molecule has 0 saturated heterocycles. The summed E-state index contributed by atoms with van der Waals surface area (Å²) in [7, 11) is 4.11. The summed E-state index contributed by atoms with van der Waals surface area (Å²) in [6, 6.07) is 12.5. The fraction of sp³-hybridized carbons (Fsp3) is 0.167. The van der Waals surface area contributed by atoms with Crippen LogP contribution in [0.15, 0.2) is 53.3 Å². The van der Waals surface area contributed by atoms with Crippen molar-refractivity contribution in [2.24, 2.45) is 14.1 Å². The predicted octanol–water partition coefficient (Wildman–Crippen LogP) is 3.72. The Hall–Kier alpha value is -2.55. The highest BCUT2D eigenvalue weighted by Crippen LogP contribution is 2.37. The number of nitrogens with zero attached hydrogens (tertiary/aromatic N) is 2. The first-order valence-corrected chi connectivity index (χ1v) is 7.08. The van der Waals surface area contributed by atoms with Crippen molar-refractivity contribution < 1.29 is 8.98 Å². The monoisotopic (exact) mass is 277 g/mol. The summed E-state index contributed by atoms with van der Waals surface area (Å²) < 4.78 is 10.4. The second kappa shape index (κ2) is 4.22. The zero-order valence-electron chi connectivity index (χ0n) is 12.4. The van der Waals surface area contributed by atoms with E-state index in [2.05, 4.69) is 59.9 Å². The van der Waals surface area contributed by atoms with Gasteiger partial charge in [0.2, 0.25) is 6.33 Å². The van der Waals surface area contributed by atoms with Crippen LogP contribution in [0.2, 0.25) is 0 Å². The Morgan fingerprint density at radius 3 is 2.62 bits per heavy atom. The van der Waals surface area contributed by atoms with Crippen LogP contribution in [0.5, 0.6) is 0 Å². The minimum atomic E-state index is 0.943. The first-order chi connectivity index (χ1) is 10.1. The molecule has 0 fully saturated rings. The van der Waals surface area contributed by atoms with Crippen LogP contribution in [-0.4, -0.2) is 4.57 Å². The number of aryl methyl sites for hydroxylation is 3. The van der Waals surface area contributed by atoms with Crippen molar-refractivity contribution in [1.82, 2.24) is 4.57 Å². The third kappa shape index (κ3) is 1.70. The minimum Gasteiger partial charge on any atom is -0.455 e. The van der Waals surface area contributed by atoms with Gasteiger partial charge in [0.1, 0.15) is 17.4 Å². The maximum absolute atomic E-state index is 6.16. The number of aromatic nitrogens is 2. The van der Waals surface area contributed by atoms with E-state index < -0.39 is 0 Å². The van der Waals surface area contributed by atoms with Crippen LogP contribution in [-0.2, 0) is 14.1 Å². The van der Waals surface area contributed by atoms with Crippen molar-refractivity contribution >= 4 is 21.9 Å². The molecule has 0 aliphatic heterocycles. The molecule has 104 valence electrons. The molecule has 0 saturated carbocycles. The Labute approximate surface area is 123 Å². The van der Waals surface area contributed by atoms with Crippen LogP contribution < -0.4 is 4.57 Å². The maximum Gasteiger partial charge on any atom is 0.243 e. The lowest BCUT2D eigenvalue weighted by molar-refractivity contribution is -0.670. The first-order valence-electron chi connectivity index (χ1n) is 7.08. The molecular formula is C18H17N2O+. The summed E-state index contributed by atoms with van der Waals surface area (Å²) in [5, 5.41) is 2.35. The molecule has 3 heteroatoms. The van der Waals surface area contributed by atoms with Crippen molar-refractivity contribution in [3.63, 3.8) is 0 Å². The third-order valence-electron chi connectivity index (χ3n) is 4.07. The van der Waals surface area contributed by atoms with Gasteiger partial charge in [0.15, 0.2) is 5.69 Å². The van der Waals surface area contributed by atoms with Gasteiger partial charge in [0, 0.05) is 10.8 Å². The number of furan rings is 1. The van der Waals surface area contributed by atoms with Gasteiger partial charge in [-0.15, -0.1) is 0 Å². The zero-order valence-corrected chi connectivity index (χ0v) is 12.4. The van der Waals surface area contributed by atoms with Gasteiger partial charge in [-0.25, -0.2) is 9.13 Å². The Morgan fingerprint density at radius 1 is 1.05 bits per heavy atom. The first kappa shape index (κ1) is 12.2. The molecule has 0 spiro atoms. The topological polar surface area (TPSA) is 21.9 Å². The van der Waals surface area contributed by atoms with E-state index in [0.717, 1.165) is 11.2 Å². The van der Waals surface area contributed by atoms with Gasteiger partial charge in [-0.05, 0) is 18.6 Å². The predicted molar refractivity (Wildman–Crippen MR) is 84.0 cm³/mol. The van der Waals surface area contributed by atoms with E-state index in [4.69, 9.17) is 4.42 Å². The van der Waals surface area contributed by atoms with Crippen LogP contribution in [0.1, 0.15) is 5.56 Å². The van der Waals surface area contributed by atoms with E-state index in [1.54, 1.807) is 0 Å². The van der Waals surface area contributed by atoms with Gasteiger partial charge in [-0.3, -0.25) is 0 Å². The zero-order chi connectivity index (χ0) is 14.6. The molecule has 0 N–H and O–H groups in total. The molecule has 4 aromatic rings. The highest BCUT2D eigenvalue weighted by Gasteiger charge is 2.20. The molecular weight excluding hydrogens is 260 g/mol. The quantitative estimate of drug-likeness (QED) is 0.486. The van der Waals surface area contributed by atoms with Crippen molar-refractivity contribution in [1.29, 1.82) is 0 Å². The van der Waals surface area contributed by atoms with Crippen molar-refractivity contribution in [2.45, 2.75) is 6.92 Å². The average molecular weight is 277 g/mol. The Bertz CT molecular complexity index is 976. The van der Waals surface area contributed by atoms with Crippen LogP contribution in [0.25, 0.3) is 33.2 Å². The highest BCUT2D eigenvalue weighted by molar-refractivity contribution is 6.09. The van der Waals surface area contributed by atoms with Gasteiger partial charge in [0.25, 0.3) is 0 Å². The van der Waals surface area contributed by atoms with E-state index in [1.165, 1.54) is 27.6 Å². The standard InChI is InChI=1S/C18H17N2O/c1-12-8-9-14-13-6-4-5-7-16(13)21-18(14)17(12)15-10-19(2)11-20(15)3/h4-11H,1-3H3/q+1. The average Bonchev–Trinajstić information content (AvgIpc) is 2.98. The summed E-state index contributed by atoms with van der Waals surface area (Å²) in [5.74, 6) is 0. The van der Waals surface area contributed by atoms with E-state index in [0.29, 0.717) is 0 Å². The third-order valence-corrected chi connectivity index (χ3v) is 4.07. The van der Waals surface area contributed by atoms with Crippen LogP contribution >= 0.6 is 0 Å². The largest absolute Gasteiger partial charge is 0.455 e. The van der Waals surface area contributed by atoms with E-state index in [-0.39, 0.29) is 0 Å². The van der Waals surface area contributed by atoms with E-state index >= 15 is 0 Å². The number of benzene rings is 2. The normalized spacial score (nSPS) is 11.6. The summed E-state index contributed by atoms with van der Waals surface area (Å²) in [6.45, 7) is 2.13. The fourth-order valence-electron chi connectivity index (χ4n) is 3.10. The summed E-state index contributed by atoms with van der Waals surface area (Å²) in [6.07, 6.45) is 4.20. The lowest BCUT2D eigenvalue weighted by Crippen LogP contribution is -2.23. The van der Waals surface area contributed by atoms with Crippen molar-refractivity contribution in [3.05, 3.63) is 54.5 Å². The molecule has 0 amide bonds. The molecule has 0 unspecified atom stereocenters. The minimum absolute atomic E-state index is 0.943. The molecule has 2 aromatic heterocycles. The van der Waals surface area contributed by atoms with Crippen molar-refractivity contribution in [2.75, 3.05) is 0 Å². The number of rotatable bonds is 1. The Kier molecular flexibility index (Phi) is 2.45. The fourth-order valence-corrected chi connectivity index (χ4v) is 3.10. The van der Waals surface area contributed by atoms with Gasteiger partial charge < -0.3 is 4.42 Å². The lowest BCUT2D eigenvalue weighted by atomic mass is 10.0. The number of para-hydroxylation sites is 1. The molecule has 0 atom stereocenters. The second-order valence-electron chi connectivity index (χ2n) is 5.64. The molecule has 0 aliphatic carbocycles. The lowest BCUT2D eigenvalue weighted by Gasteiger charge is -2.03. The highest BCUT2D eigenvalue weighted by atomic mass is 16.3. The van der Waals surface area contributed by atoms with Gasteiger partial charge >= 0.3 is 0 Å². The van der Waals surface area contributed by atoms with Crippen LogP contribution in [0, 0.1) is 6.92 Å². The number of hydrogen-bond donors (Lipinski definition) is 0. The summed E-state index contributed by atoms with van der Waals surface area (Å²) in [4.78, 5) is 0. The van der Waals surface area contributed by atoms with Gasteiger partial charge in [-0.2, -0.15) is 0 Å². The van der Waals surface area contributed by atoms with Gasteiger partial charge in [0.05, 0.1) is 19.7 Å². The second-order valence-corrected chi connectivity index (χ2v) is 5.64. The molecule has 21 heavy (non-hydrogen) atoms. The number of imidazole rings is 1. The molecule has 0 aliphatic rings. The van der Waals surface area contributed by atoms with Crippen molar-refractivity contribution in [3.8, 4) is 11.3 Å². The molecule has 2 aromatic carbocycles. The van der Waals surface area contributed by atoms with E-state index in [1.807, 2.05) is 19.2 Å². The summed E-state index contributed by atoms with van der Waals surface area (Å²) in [5.41, 5.74) is 5.48. The van der Waals surface area contributed by atoms with Gasteiger partial charge in [-0.1, -0.05) is 30.3 Å². The van der Waals surface area contributed by atoms with Crippen LogP contribution in [0.3, 0.4) is 0 Å². The molecule has 4 rings (SSSR count). The number of hydrogen-bond acceptors (Lipinski definition) is 1. The number of fused-ring (bicyclic) bond motifs is 3. The maximum atomic E-state index is 6.16. The smallest absolute Gasteiger partial charge is 0.243 e. The Morgan fingerprint density at radius 2 is 1.86 bits per heavy atom.